The van der Waals surface area contributed by atoms with Gasteiger partial charge in [0, 0.05) is 32.8 Å². The molecule has 2 saturated carbocycles. The summed E-state index contributed by atoms with van der Waals surface area (Å²) < 4.78 is 17.1. The molecular formula is C24H35NO4. The third-order valence-electron chi connectivity index (χ3n) is 6.35. The Bertz CT molecular complexity index is 692. The number of hydrogen-bond donors (Lipinski definition) is 0. The number of carbonyl (C=O) groups is 1. The highest BCUT2D eigenvalue weighted by molar-refractivity contribution is 5.82. The minimum Gasteiger partial charge on any atom is -0.493 e. The van der Waals surface area contributed by atoms with E-state index in [1.807, 2.05) is 0 Å². The van der Waals surface area contributed by atoms with E-state index in [0.717, 1.165) is 49.8 Å². The quantitative estimate of drug-likeness (QED) is 0.538. The molecule has 160 valence electrons. The van der Waals surface area contributed by atoms with Crippen molar-refractivity contribution in [2.75, 3.05) is 26.9 Å². The number of nitrogens with zero attached hydrogens (tertiary/aromatic N) is 1. The van der Waals surface area contributed by atoms with Crippen LogP contribution in [0.3, 0.4) is 0 Å². The summed E-state index contributed by atoms with van der Waals surface area (Å²) in [5.41, 5.74) is 2.48. The summed E-state index contributed by atoms with van der Waals surface area (Å²) in [6.45, 7) is 4.23. The molecule has 3 aliphatic rings. The van der Waals surface area contributed by atoms with Gasteiger partial charge in [0.25, 0.3) is 5.91 Å². The van der Waals surface area contributed by atoms with Gasteiger partial charge in [0.05, 0.1) is 12.6 Å². The lowest BCUT2D eigenvalue weighted by atomic mass is 10.00. The number of rotatable bonds is 10. The second-order valence-corrected chi connectivity index (χ2v) is 8.77. The van der Waals surface area contributed by atoms with Gasteiger partial charge in [-0.2, -0.15) is 0 Å². The summed E-state index contributed by atoms with van der Waals surface area (Å²) in [6, 6.07) is 6.99. The molecule has 1 amide bonds. The highest BCUT2D eigenvalue weighted by atomic mass is 16.5. The van der Waals surface area contributed by atoms with E-state index in [1.165, 1.54) is 18.4 Å². The molecule has 0 bridgehead atoms. The van der Waals surface area contributed by atoms with E-state index in [9.17, 15) is 4.79 Å². The monoisotopic (exact) mass is 401 g/mol. The molecule has 1 heterocycles. The van der Waals surface area contributed by atoms with Crippen molar-refractivity contribution in [2.24, 2.45) is 0 Å². The van der Waals surface area contributed by atoms with E-state index < -0.39 is 0 Å². The topological polar surface area (TPSA) is 48.0 Å². The molecule has 0 spiro atoms. The van der Waals surface area contributed by atoms with Gasteiger partial charge >= 0.3 is 0 Å². The zero-order valence-corrected chi connectivity index (χ0v) is 17.9. The predicted octanol–water partition coefficient (Wildman–Crippen LogP) is 4.60. The first kappa shape index (κ1) is 20.7. The lowest BCUT2D eigenvalue weighted by Gasteiger charge is -2.34. The SMILES string of the molecule is COCCCOc1cc([C@@H](C)N(C(=O)[C@H]2CCCCO2)C2CC2)ccc1C1CC1. The smallest absolute Gasteiger partial charge is 0.252 e. The first-order valence-corrected chi connectivity index (χ1v) is 11.4. The molecule has 0 N–H and O–H groups in total. The first-order chi connectivity index (χ1) is 14.2. The Hall–Kier alpha value is -1.59. The van der Waals surface area contributed by atoms with Crippen LogP contribution in [0.4, 0.5) is 0 Å². The molecule has 5 heteroatoms. The normalized spacial score (nSPS) is 22.9. The van der Waals surface area contributed by atoms with E-state index in [0.29, 0.717) is 31.8 Å². The maximum Gasteiger partial charge on any atom is 0.252 e. The molecule has 2 aliphatic carbocycles. The van der Waals surface area contributed by atoms with Crippen LogP contribution in [0.25, 0.3) is 0 Å². The minimum absolute atomic E-state index is 0.0371. The number of amides is 1. The van der Waals surface area contributed by atoms with Crippen molar-refractivity contribution in [2.45, 2.75) is 82.4 Å². The predicted molar refractivity (Wildman–Crippen MR) is 112 cm³/mol. The Morgan fingerprint density at radius 3 is 2.66 bits per heavy atom. The molecule has 0 unspecified atom stereocenters. The number of methoxy groups -OCH3 is 1. The molecule has 5 nitrogen and oxygen atoms in total. The van der Waals surface area contributed by atoms with Crippen LogP contribution in [0.2, 0.25) is 0 Å². The average Bonchev–Trinajstić information content (AvgIpc) is 3.65. The van der Waals surface area contributed by atoms with Gasteiger partial charge in [-0.3, -0.25) is 4.79 Å². The van der Waals surface area contributed by atoms with Gasteiger partial charge in [-0.15, -0.1) is 0 Å². The molecule has 4 rings (SSSR count). The molecule has 0 aromatic heterocycles. The third-order valence-corrected chi connectivity index (χ3v) is 6.35. The van der Waals surface area contributed by atoms with E-state index in [1.54, 1.807) is 7.11 Å². The van der Waals surface area contributed by atoms with Crippen molar-refractivity contribution >= 4 is 5.91 Å². The minimum atomic E-state index is -0.262. The van der Waals surface area contributed by atoms with Crippen LogP contribution in [0.5, 0.6) is 5.75 Å². The van der Waals surface area contributed by atoms with Crippen molar-refractivity contribution in [3.8, 4) is 5.75 Å². The second kappa shape index (κ2) is 9.48. The summed E-state index contributed by atoms with van der Waals surface area (Å²) in [5.74, 6) is 1.80. The average molecular weight is 402 g/mol. The number of carbonyl (C=O) groups excluding carboxylic acids is 1. The van der Waals surface area contributed by atoms with Gasteiger partial charge in [0.2, 0.25) is 0 Å². The fraction of sp³-hybridized carbons (Fsp3) is 0.708. The van der Waals surface area contributed by atoms with Crippen LogP contribution >= 0.6 is 0 Å². The van der Waals surface area contributed by atoms with Crippen LogP contribution in [-0.2, 0) is 14.3 Å². The number of ether oxygens (including phenoxy) is 3. The first-order valence-electron chi connectivity index (χ1n) is 11.4. The van der Waals surface area contributed by atoms with Crippen LogP contribution in [0.15, 0.2) is 18.2 Å². The van der Waals surface area contributed by atoms with Gasteiger partial charge in [-0.25, -0.2) is 0 Å². The van der Waals surface area contributed by atoms with Crippen LogP contribution in [-0.4, -0.2) is 49.9 Å². The van der Waals surface area contributed by atoms with Crippen molar-refractivity contribution in [3.05, 3.63) is 29.3 Å². The fourth-order valence-electron chi connectivity index (χ4n) is 4.35. The number of hydrogen-bond acceptors (Lipinski definition) is 4. The molecule has 0 radical (unpaired) electrons. The van der Waals surface area contributed by atoms with Crippen LogP contribution in [0, 0.1) is 0 Å². The molecule has 2 atom stereocenters. The third kappa shape index (κ3) is 5.13. The highest BCUT2D eigenvalue weighted by Gasteiger charge is 2.40. The maximum atomic E-state index is 13.3. The number of benzene rings is 1. The van der Waals surface area contributed by atoms with Crippen LogP contribution in [0.1, 0.15) is 81.4 Å². The van der Waals surface area contributed by atoms with Crippen molar-refractivity contribution in [1.29, 1.82) is 0 Å². The Morgan fingerprint density at radius 2 is 2.00 bits per heavy atom. The lowest BCUT2D eigenvalue weighted by Crippen LogP contribution is -2.44. The molecular weight excluding hydrogens is 366 g/mol. The van der Waals surface area contributed by atoms with Crippen molar-refractivity contribution in [3.63, 3.8) is 0 Å². The molecule has 1 aliphatic heterocycles. The molecule has 1 aromatic carbocycles. The molecule has 3 fully saturated rings. The standard InChI is InChI=1S/C24H35NO4/c1-17(25(20-10-11-20)24(26)22-6-3-4-14-28-22)19-9-12-21(18-7-8-18)23(16-19)29-15-5-13-27-2/h9,12,16-18,20,22H,3-8,10-11,13-15H2,1-2H3/t17-,22-/m1/s1. The summed E-state index contributed by atoms with van der Waals surface area (Å²) in [6.07, 6.45) is 8.31. The van der Waals surface area contributed by atoms with Gasteiger partial charge < -0.3 is 19.1 Å². The van der Waals surface area contributed by atoms with Gasteiger partial charge in [-0.05, 0) is 75.0 Å². The van der Waals surface area contributed by atoms with Gasteiger partial charge in [-0.1, -0.05) is 12.1 Å². The summed E-state index contributed by atoms with van der Waals surface area (Å²) >= 11 is 0. The van der Waals surface area contributed by atoms with Gasteiger partial charge in [0.15, 0.2) is 0 Å². The van der Waals surface area contributed by atoms with E-state index in [4.69, 9.17) is 14.2 Å². The largest absolute Gasteiger partial charge is 0.493 e. The van der Waals surface area contributed by atoms with Crippen LogP contribution < -0.4 is 4.74 Å². The van der Waals surface area contributed by atoms with E-state index in [-0.39, 0.29) is 18.1 Å². The zero-order valence-electron chi connectivity index (χ0n) is 17.9. The molecule has 1 aromatic rings. The zero-order chi connectivity index (χ0) is 20.2. The van der Waals surface area contributed by atoms with Crippen molar-refractivity contribution in [1.82, 2.24) is 4.90 Å². The summed E-state index contributed by atoms with van der Waals surface area (Å²) in [7, 11) is 1.72. The Labute approximate surface area is 174 Å². The Kier molecular flexibility index (Phi) is 6.76. The summed E-state index contributed by atoms with van der Waals surface area (Å²) in [5, 5.41) is 0. The molecule has 29 heavy (non-hydrogen) atoms. The maximum absolute atomic E-state index is 13.3. The second-order valence-electron chi connectivity index (χ2n) is 8.77. The Morgan fingerprint density at radius 1 is 1.17 bits per heavy atom. The fourth-order valence-corrected chi connectivity index (χ4v) is 4.35. The lowest BCUT2D eigenvalue weighted by molar-refractivity contribution is -0.149. The molecule has 1 saturated heterocycles. The van der Waals surface area contributed by atoms with Gasteiger partial charge in [0.1, 0.15) is 11.9 Å². The summed E-state index contributed by atoms with van der Waals surface area (Å²) in [4.78, 5) is 15.4. The Balaban J connectivity index is 1.51. The van der Waals surface area contributed by atoms with E-state index in [2.05, 4.69) is 30.0 Å². The van der Waals surface area contributed by atoms with E-state index >= 15 is 0 Å². The highest BCUT2D eigenvalue weighted by Crippen LogP contribution is 2.45. The van der Waals surface area contributed by atoms with Crippen molar-refractivity contribution < 1.29 is 19.0 Å².